The minimum atomic E-state index is -0.757. The average Bonchev–Trinajstić information content (AvgIpc) is 2.95. The number of carbonyl (C=O) groups is 1. The van der Waals surface area contributed by atoms with Gasteiger partial charge in [0.15, 0.2) is 5.76 Å². The number of amides is 1. The van der Waals surface area contributed by atoms with Crippen LogP contribution in [0.4, 0.5) is 4.39 Å². The van der Waals surface area contributed by atoms with Gasteiger partial charge in [0.05, 0.1) is 6.04 Å². The number of hydrogen-bond donors (Lipinski definition) is 1. The van der Waals surface area contributed by atoms with E-state index in [0.717, 1.165) is 5.56 Å². The van der Waals surface area contributed by atoms with Gasteiger partial charge in [0.25, 0.3) is 5.91 Å². The second kappa shape index (κ2) is 7.49. The quantitative estimate of drug-likeness (QED) is 0.633. The fraction of sp³-hybridized carbons (Fsp3) is 0.0870. The molecule has 1 aliphatic rings. The maximum absolute atomic E-state index is 14.7. The minimum absolute atomic E-state index is 0.151. The molecule has 3 aromatic rings. The highest BCUT2D eigenvalue weighted by Crippen LogP contribution is 2.44. The molecule has 1 atom stereocenters. The Morgan fingerprint density at radius 3 is 2.29 bits per heavy atom. The highest BCUT2D eigenvalue weighted by molar-refractivity contribution is 6.31. The van der Waals surface area contributed by atoms with Gasteiger partial charge >= 0.3 is 0 Å². The number of aliphatic hydroxyl groups is 1. The van der Waals surface area contributed by atoms with Crippen molar-refractivity contribution in [3.63, 3.8) is 0 Å². The van der Waals surface area contributed by atoms with Crippen molar-refractivity contribution < 1.29 is 14.3 Å². The SMILES string of the molecule is O=C1C(O)=C(c2ccccc2)[C@@H](c2ccccc2F)N1Cc1ccccc1Cl. The topological polar surface area (TPSA) is 40.5 Å². The third-order valence-electron chi connectivity index (χ3n) is 4.89. The lowest BCUT2D eigenvalue weighted by Gasteiger charge is -2.28. The molecule has 1 N–H and O–H groups in total. The Labute approximate surface area is 167 Å². The Balaban J connectivity index is 1.86. The van der Waals surface area contributed by atoms with E-state index in [1.54, 1.807) is 42.5 Å². The fourth-order valence-electron chi connectivity index (χ4n) is 3.56. The van der Waals surface area contributed by atoms with Crippen molar-refractivity contribution in [2.45, 2.75) is 12.6 Å². The molecule has 0 fully saturated rings. The molecule has 1 aliphatic heterocycles. The third-order valence-corrected chi connectivity index (χ3v) is 5.26. The van der Waals surface area contributed by atoms with E-state index in [1.165, 1.54) is 11.0 Å². The molecule has 0 aromatic heterocycles. The highest BCUT2D eigenvalue weighted by Gasteiger charge is 2.42. The fourth-order valence-corrected chi connectivity index (χ4v) is 3.76. The van der Waals surface area contributed by atoms with Gasteiger partial charge in [0, 0.05) is 22.7 Å². The molecular weight excluding hydrogens is 377 g/mol. The number of benzene rings is 3. The monoisotopic (exact) mass is 393 g/mol. The van der Waals surface area contributed by atoms with Crippen LogP contribution in [0, 0.1) is 5.82 Å². The van der Waals surface area contributed by atoms with Crippen molar-refractivity contribution in [2.24, 2.45) is 0 Å². The number of rotatable bonds is 4. The largest absolute Gasteiger partial charge is 0.503 e. The minimum Gasteiger partial charge on any atom is -0.503 e. The Morgan fingerprint density at radius 1 is 0.929 bits per heavy atom. The van der Waals surface area contributed by atoms with Gasteiger partial charge in [-0.3, -0.25) is 4.79 Å². The van der Waals surface area contributed by atoms with Gasteiger partial charge in [-0.1, -0.05) is 78.3 Å². The first kappa shape index (κ1) is 18.3. The van der Waals surface area contributed by atoms with Crippen LogP contribution in [-0.4, -0.2) is 15.9 Å². The van der Waals surface area contributed by atoms with E-state index < -0.39 is 17.8 Å². The predicted molar refractivity (Wildman–Crippen MR) is 107 cm³/mol. The first-order valence-corrected chi connectivity index (χ1v) is 9.23. The summed E-state index contributed by atoms with van der Waals surface area (Å²) in [4.78, 5) is 14.4. The standard InChI is InChI=1S/C23H17ClFNO2/c24-18-12-6-4-10-16(18)14-26-21(17-11-5-7-13-19(17)25)20(22(27)23(26)28)15-8-2-1-3-9-15/h1-13,21,27H,14H2/t21-/m1/s1. The van der Waals surface area contributed by atoms with Gasteiger partial charge in [0.2, 0.25) is 0 Å². The van der Waals surface area contributed by atoms with Crippen LogP contribution in [0.1, 0.15) is 22.7 Å². The van der Waals surface area contributed by atoms with Gasteiger partial charge in [-0.2, -0.15) is 0 Å². The van der Waals surface area contributed by atoms with Crippen LogP contribution in [0.15, 0.2) is 84.6 Å². The van der Waals surface area contributed by atoms with E-state index in [9.17, 15) is 14.3 Å². The van der Waals surface area contributed by atoms with E-state index in [0.29, 0.717) is 21.7 Å². The molecule has 0 saturated carbocycles. The van der Waals surface area contributed by atoms with Crippen LogP contribution in [-0.2, 0) is 11.3 Å². The summed E-state index contributed by atoms with van der Waals surface area (Å²) in [6, 6.07) is 21.8. The zero-order valence-corrected chi connectivity index (χ0v) is 15.6. The summed E-state index contributed by atoms with van der Waals surface area (Å²) in [5.74, 6) is -1.36. The molecule has 0 saturated heterocycles. The lowest BCUT2D eigenvalue weighted by Crippen LogP contribution is -2.30. The van der Waals surface area contributed by atoms with Gasteiger partial charge < -0.3 is 10.0 Å². The summed E-state index contributed by atoms with van der Waals surface area (Å²) in [5.41, 5.74) is 2.11. The summed E-state index contributed by atoms with van der Waals surface area (Å²) in [6.45, 7) is 0.151. The molecule has 0 bridgehead atoms. The number of nitrogens with zero attached hydrogens (tertiary/aromatic N) is 1. The van der Waals surface area contributed by atoms with Crippen molar-refractivity contribution in [1.29, 1.82) is 0 Å². The molecule has 28 heavy (non-hydrogen) atoms. The summed E-state index contributed by atoms with van der Waals surface area (Å²) in [5, 5.41) is 11.2. The first-order valence-electron chi connectivity index (χ1n) is 8.85. The molecular formula is C23H17ClFNO2. The summed E-state index contributed by atoms with van der Waals surface area (Å²) in [7, 11) is 0. The Morgan fingerprint density at radius 2 is 1.57 bits per heavy atom. The molecule has 0 aliphatic carbocycles. The molecule has 0 unspecified atom stereocenters. The van der Waals surface area contributed by atoms with Crippen LogP contribution in [0.25, 0.3) is 5.57 Å². The average molecular weight is 394 g/mol. The van der Waals surface area contributed by atoms with E-state index in [4.69, 9.17) is 11.6 Å². The summed E-state index contributed by atoms with van der Waals surface area (Å²) in [6.07, 6.45) is 0. The number of aliphatic hydroxyl groups excluding tert-OH is 1. The number of carbonyl (C=O) groups excluding carboxylic acids is 1. The molecule has 140 valence electrons. The van der Waals surface area contributed by atoms with Crippen LogP contribution in [0.5, 0.6) is 0 Å². The lowest BCUT2D eigenvalue weighted by molar-refractivity contribution is -0.130. The van der Waals surface area contributed by atoms with Crippen LogP contribution < -0.4 is 0 Å². The van der Waals surface area contributed by atoms with Gasteiger partial charge in [-0.25, -0.2) is 4.39 Å². The maximum Gasteiger partial charge on any atom is 0.290 e. The summed E-state index contributed by atoms with van der Waals surface area (Å²) < 4.78 is 14.7. The Hall–Kier alpha value is -3.11. The van der Waals surface area contributed by atoms with E-state index in [-0.39, 0.29) is 12.3 Å². The zero-order chi connectivity index (χ0) is 19.7. The molecule has 3 nitrogen and oxygen atoms in total. The predicted octanol–water partition coefficient (Wildman–Crippen LogP) is 5.53. The summed E-state index contributed by atoms with van der Waals surface area (Å²) >= 11 is 6.28. The van der Waals surface area contributed by atoms with E-state index >= 15 is 0 Å². The highest BCUT2D eigenvalue weighted by atomic mass is 35.5. The normalized spacial score (nSPS) is 16.7. The maximum atomic E-state index is 14.7. The van der Waals surface area contributed by atoms with Gasteiger partial charge in [-0.05, 0) is 23.3 Å². The van der Waals surface area contributed by atoms with Crippen LogP contribution in [0.3, 0.4) is 0 Å². The van der Waals surface area contributed by atoms with Gasteiger partial charge in [0.1, 0.15) is 5.82 Å². The lowest BCUT2D eigenvalue weighted by atomic mass is 9.93. The molecule has 1 heterocycles. The van der Waals surface area contributed by atoms with Crippen LogP contribution >= 0.6 is 11.6 Å². The molecule has 0 spiro atoms. The molecule has 3 aromatic carbocycles. The van der Waals surface area contributed by atoms with E-state index in [2.05, 4.69) is 0 Å². The molecule has 1 amide bonds. The number of hydrogen-bond acceptors (Lipinski definition) is 2. The van der Waals surface area contributed by atoms with Crippen molar-refractivity contribution >= 4 is 23.1 Å². The second-order valence-corrected chi connectivity index (χ2v) is 6.98. The van der Waals surface area contributed by atoms with Crippen LogP contribution in [0.2, 0.25) is 5.02 Å². The van der Waals surface area contributed by atoms with Crippen molar-refractivity contribution in [3.05, 3.63) is 112 Å². The molecule has 0 radical (unpaired) electrons. The van der Waals surface area contributed by atoms with E-state index in [1.807, 2.05) is 30.3 Å². The Kier molecular flexibility index (Phi) is 4.88. The third kappa shape index (κ3) is 3.16. The second-order valence-electron chi connectivity index (χ2n) is 6.58. The van der Waals surface area contributed by atoms with Crippen molar-refractivity contribution in [3.8, 4) is 0 Å². The smallest absolute Gasteiger partial charge is 0.290 e. The zero-order valence-electron chi connectivity index (χ0n) is 14.8. The molecule has 4 rings (SSSR count). The molecule has 5 heteroatoms. The van der Waals surface area contributed by atoms with Crippen molar-refractivity contribution in [2.75, 3.05) is 0 Å². The van der Waals surface area contributed by atoms with Gasteiger partial charge in [-0.15, -0.1) is 0 Å². The Bertz CT molecular complexity index is 1060. The van der Waals surface area contributed by atoms with Crippen molar-refractivity contribution in [1.82, 2.24) is 4.90 Å². The number of halogens is 2. The first-order chi connectivity index (χ1) is 13.6.